The van der Waals surface area contributed by atoms with Crippen LogP contribution < -0.4 is 10.5 Å². The molecule has 0 saturated heterocycles. The smallest absolute Gasteiger partial charge is 0.265 e. The molecule has 1 amide bonds. The van der Waals surface area contributed by atoms with Crippen LogP contribution in [0, 0.1) is 13.8 Å². The molecule has 124 valence electrons. The van der Waals surface area contributed by atoms with Crippen LogP contribution in [0.2, 0.25) is 0 Å². The van der Waals surface area contributed by atoms with E-state index in [4.69, 9.17) is 4.42 Å². The first-order chi connectivity index (χ1) is 11.4. The maximum absolute atomic E-state index is 13.1. The number of carbonyl (C=O) groups is 1. The first kappa shape index (κ1) is 16.0. The van der Waals surface area contributed by atoms with Crippen molar-refractivity contribution in [1.82, 2.24) is 9.55 Å². The maximum atomic E-state index is 13.1. The molecule has 3 rings (SSSR count). The van der Waals surface area contributed by atoms with E-state index in [0.717, 1.165) is 11.3 Å². The van der Waals surface area contributed by atoms with Gasteiger partial charge in [-0.05, 0) is 38.5 Å². The lowest BCUT2D eigenvalue weighted by Gasteiger charge is -2.21. The summed E-state index contributed by atoms with van der Waals surface area (Å²) in [6, 6.07) is 7.69. The van der Waals surface area contributed by atoms with Crippen LogP contribution in [0.25, 0.3) is 11.1 Å². The molecule has 0 atom stereocenters. The summed E-state index contributed by atoms with van der Waals surface area (Å²) in [4.78, 5) is 31.3. The van der Waals surface area contributed by atoms with Crippen molar-refractivity contribution in [1.29, 1.82) is 0 Å². The minimum atomic E-state index is -0.291. The lowest BCUT2D eigenvalue weighted by Crippen LogP contribution is -2.32. The van der Waals surface area contributed by atoms with Gasteiger partial charge in [0.2, 0.25) is 5.71 Å². The quantitative estimate of drug-likeness (QED) is 0.742. The molecular formula is C18H19N3O3. The summed E-state index contributed by atoms with van der Waals surface area (Å²) >= 11 is 0. The van der Waals surface area contributed by atoms with E-state index >= 15 is 0 Å². The zero-order valence-corrected chi connectivity index (χ0v) is 14.2. The van der Waals surface area contributed by atoms with E-state index in [1.165, 1.54) is 10.9 Å². The molecule has 0 N–H and O–H groups in total. The number of carbonyl (C=O) groups excluding carboxylic acids is 1. The molecule has 2 heterocycles. The Hall–Kier alpha value is -2.89. The summed E-state index contributed by atoms with van der Waals surface area (Å²) in [6.07, 6.45) is 1.39. The van der Waals surface area contributed by atoms with Gasteiger partial charge in [0.05, 0.1) is 5.56 Å². The van der Waals surface area contributed by atoms with Gasteiger partial charge < -0.3 is 13.9 Å². The lowest BCUT2D eigenvalue weighted by atomic mass is 10.1. The second-order valence-electron chi connectivity index (χ2n) is 5.76. The van der Waals surface area contributed by atoms with Crippen molar-refractivity contribution in [3.8, 4) is 0 Å². The highest BCUT2D eigenvalue weighted by atomic mass is 16.3. The maximum Gasteiger partial charge on any atom is 0.265 e. The summed E-state index contributed by atoms with van der Waals surface area (Å²) < 4.78 is 6.88. The average Bonchev–Trinajstić information content (AvgIpc) is 2.88. The van der Waals surface area contributed by atoms with Crippen molar-refractivity contribution < 1.29 is 9.21 Å². The van der Waals surface area contributed by atoms with Crippen molar-refractivity contribution in [2.75, 3.05) is 11.4 Å². The number of aryl methyl sites for hydroxylation is 3. The number of furan rings is 1. The van der Waals surface area contributed by atoms with Gasteiger partial charge in [0.25, 0.3) is 11.5 Å². The Morgan fingerprint density at radius 3 is 2.75 bits per heavy atom. The number of fused-ring (bicyclic) bond motifs is 1. The summed E-state index contributed by atoms with van der Waals surface area (Å²) in [5.74, 6) is 0.140. The van der Waals surface area contributed by atoms with Crippen LogP contribution in [0.4, 0.5) is 5.69 Å². The molecule has 6 nitrogen and oxygen atoms in total. The van der Waals surface area contributed by atoms with Gasteiger partial charge in [-0.1, -0.05) is 12.1 Å². The number of benzene rings is 1. The fourth-order valence-electron chi connectivity index (χ4n) is 2.82. The lowest BCUT2D eigenvalue weighted by molar-refractivity contribution is 0.0988. The number of amides is 1. The zero-order valence-electron chi connectivity index (χ0n) is 14.2. The Morgan fingerprint density at radius 1 is 1.33 bits per heavy atom. The molecule has 0 spiro atoms. The van der Waals surface area contributed by atoms with E-state index in [1.54, 1.807) is 18.9 Å². The summed E-state index contributed by atoms with van der Waals surface area (Å²) in [7, 11) is 1.60. The van der Waals surface area contributed by atoms with Crippen LogP contribution in [0.15, 0.2) is 39.8 Å². The Kier molecular flexibility index (Phi) is 3.97. The van der Waals surface area contributed by atoms with Crippen molar-refractivity contribution >= 4 is 22.7 Å². The van der Waals surface area contributed by atoms with E-state index in [0.29, 0.717) is 12.3 Å². The molecule has 0 radical (unpaired) electrons. The summed E-state index contributed by atoms with van der Waals surface area (Å²) in [5, 5.41) is 0.230. The normalized spacial score (nSPS) is 11.0. The molecule has 0 unspecified atom stereocenters. The molecule has 1 aromatic carbocycles. The number of hydrogen-bond acceptors (Lipinski definition) is 4. The third-order valence-electron chi connectivity index (χ3n) is 4.04. The van der Waals surface area contributed by atoms with Gasteiger partial charge in [-0.15, -0.1) is 0 Å². The predicted molar refractivity (Wildman–Crippen MR) is 92.5 cm³/mol. The third-order valence-corrected chi connectivity index (χ3v) is 4.04. The average molecular weight is 325 g/mol. The van der Waals surface area contributed by atoms with Crippen molar-refractivity contribution in [3.05, 3.63) is 57.8 Å². The van der Waals surface area contributed by atoms with E-state index in [1.807, 2.05) is 38.1 Å². The Morgan fingerprint density at radius 2 is 2.08 bits per heavy atom. The van der Waals surface area contributed by atoms with Crippen LogP contribution in [-0.2, 0) is 7.05 Å². The Balaban J connectivity index is 2.19. The minimum absolute atomic E-state index is 0.194. The number of anilines is 1. The number of hydrogen-bond donors (Lipinski definition) is 0. The van der Waals surface area contributed by atoms with Crippen LogP contribution >= 0.6 is 0 Å². The van der Waals surface area contributed by atoms with Gasteiger partial charge in [-0.3, -0.25) is 9.59 Å². The highest BCUT2D eigenvalue weighted by molar-refractivity contribution is 6.13. The highest BCUT2D eigenvalue weighted by Crippen LogP contribution is 2.25. The molecule has 2 aromatic heterocycles. The van der Waals surface area contributed by atoms with Gasteiger partial charge in [0.1, 0.15) is 17.5 Å². The van der Waals surface area contributed by atoms with E-state index in [-0.39, 0.29) is 28.1 Å². The molecular weight excluding hydrogens is 306 g/mol. The summed E-state index contributed by atoms with van der Waals surface area (Å²) in [5.41, 5.74) is 2.03. The van der Waals surface area contributed by atoms with Crippen LogP contribution in [0.3, 0.4) is 0 Å². The van der Waals surface area contributed by atoms with Gasteiger partial charge in [0.15, 0.2) is 0 Å². The predicted octanol–water partition coefficient (Wildman–Crippen LogP) is 2.81. The molecule has 0 fully saturated rings. The first-order valence-corrected chi connectivity index (χ1v) is 7.77. The van der Waals surface area contributed by atoms with Gasteiger partial charge >= 0.3 is 0 Å². The Bertz CT molecular complexity index is 985. The van der Waals surface area contributed by atoms with Crippen LogP contribution in [0.1, 0.15) is 28.6 Å². The summed E-state index contributed by atoms with van der Waals surface area (Å²) in [6.45, 7) is 6.03. The molecule has 6 heteroatoms. The molecule has 0 aliphatic rings. The molecule has 0 aliphatic carbocycles. The molecule has 0 bridgehead atoms. The number of aromatic nitrogens is 2. The number of nitrogens with zero attached hydrogens (tertiary/aromatic N) is 3. The monoisotopic (exact) mass is 325 g/mol. The highest BCUT2D eigenvalue weighted by Gasteiger charge is 2.26. The number of rotatable bonds is 3. The topological polar surface area (TPSA) is 68.3 Å². The Labute approximate surface area is 139 Å². The third kappa shape index (κ3) is 2.50. The SMILES string of the molecule is CCN(C(=O)c1c(C)oc2ncn(C)c(=O)c12)c1cccc(C)c1. The molecule has 0 saturated carbocycles. The van der Waals surface area contributed by atoms with E-state index in [2.05, 4.69) is 4.98 Å². The van der Waals surface area contributed by atoms with Crippen LogP contribution in [0.5, 0.6) is 0 Å². The largest absolute Gasteiger partial charge is 0.442 e. The molecule has 24 heavy (non-hydrogen) atoms. The second-order valence-corrected chi connectivity index (χ2v) is 5.76. The van der Waals surface area contributed by atoms with E-state index < -0.39 is 0 Å². The zero-order chi connectivity index (χ0) is 17.4. The van der Waals surface area contributed by atoms with Crippen molar-refractivity contribution in [2.24, 2.45) is 7.05 Å². The standard InChI is InChI=1S/C18H19N3O3/c1-5-21(13-8-6-7-11(2)9-13)18(23)14-12(3)24-16-15(14)17(22)20(4)10-19-16/h6-10H,5H2,1-4H3. The van der Waals surface area contributed by atoms with E-state index in [9.17, 15) is 9.59 Å². The second kappa shape index (κ2) is 5.96. The van der Waals surface area contributed by atoms with Gasteiger partial charge in [-0.2, -0.15) is 0 Å². The molecule has 3 aromatic rings. The van der Waals surface area contributed by atoms with Crippen LogP contribution in [-0.4, -0.2) is 22.0 Å². The first-order valence-electron chi connectivity index (χ1n) is 7.77. The fourth-order valence-corrected chi connectivity index (χ4v) is 2.82. The van der Waals surface area contributed by atoms with Gasteiger partial charge in [-0.25, -0.2) is 4.98 Å². The van der Waals surface area contributed by atoms with Gasteiger partial charge in [0, 0.05) is 19.3 Å². The molecule has 0 aliphatic heterocycles. The fraction of sp³-hybridized carbons (Fsp3) is 0.278. The minimum Gasteiger partial charge on any atom is -0.442 e. The van der Waals surface area contributed by atoms with Crippen molar-refractivity contribution in [3.63, 3.8) is 0 Å². The van der Waals surface area contributed by atoms with Crippen molar-refractivity contribution in [2.45, 2.75) is 20.8 Å².